The summed E-state index contributed by atoms with van der Waals surface area (Å²) in [5.74, 6) is 0.0541. The second-order valence-electron chi connectivity index (χ2n) is 24.4. The summed E-state index contributed by atoms with van der Waals surface area (Å²) in [5.41, 5.74) is -2.36. The molecule has 3 rings (SSSR count). The smallest absolute Gasteiger partial charge is 0.172 e. The lowest BCUT2D eigenvalue weighted by molar-refractivity contribution is -0.474. The van der Waals surface area contributed by atoms with E-state index in [0.717, 1.165) is 0 Å². The first kappa shape index (κ1) is 49.9. The van der Waals surface area contributed by atoms with Gasteiger partial charge in [0.25, 0.3) is 0 Å². The van der Waals surface area contributed by atoms with Crippen molar-refractivity contribution in [2.45, 2.75) is 255 Å². The first-order chi connectivity index (χ1) is 21.7. The van der Waals surface area contributed by atoms with Crippen molar-refractivity contribution in [2.24, 2.45) is 55.2 Å². The molecule has 0 amide bonds. The van der Waals surface area contributed by atoms with Crippen molar-refractivity contribution in [3.05, 3.63) is 0 Å². The fourth-order valence-electron chi connectivity index (χ4n) is 11.0. The standard InChI is InChI=1S/C30H58O3.C17H34O.CH4/c1-20(2)28(17)23(7,8)24(9,10)29(18,27(15,16)31-28)33-30(19)25(11,12)21(3,4)22(5,6)26(13,14)32-30;1-12(2)17(11)15(7,8)13(3,4)14(5,6)16(9,10)18-17;/h20H,1-19H3;12H,1-11H3;1H4. The molecule has 4 nitrogen and oxygen atoms in total. The van der Waals surface area contributed by atoms with Crippen LogP contribution < -0.4 is 0 Å². The van der Waals surface area contributed by atoms with Crippen molar-refractivity contribution in [2.75, 3.05) is 0 Å². The Bertz CT molecular complexity index is 1290. The van der Waals surface area contributed by atoms with E-state index in [9.17, 15) is 0 Å². The first-order valence-corrected chi connectivity index (χ1v) is 20.5. The Morgan fingerprint density at radius 1 is 0.308 bits per heavy atom. The highest BCUT2D eigenvalue weighted by molar-refractivity contribution is 5.21. The lowest BCUT2D eigenvalue weighted by Gasteiger charge is -2.74. The fraction of sp³-hybridized carbons (Fsp3) is 1.00. The predicted octanol–water partition coefficient (Wildman–Crippen LogP) is 14.6. The summed E-state index contributed by atoms with van der Waals surface area (Å²) in [6.45, 7) is 69.4. The molecule has 4 atom stereocenters. The molecule has 0 spiro atoms. The Balaban J connectivity index is 0.000000603. The molecule has 0 N–H and O–H groups in total. The first-order valence-electron chi connectivity index (χ1n) is 20.5. The van der Waals surface area contributed by atoms with Crippen LogP contribution in [-0.2, 0) is 18.9 Å². The van der Waals surface area contributed by atoms with Gasteiger partial charge in [-0.3, -0.25) is 0 Å². The van der Waals surface area contributed by atoms with Crippen LogP contribution in [0.2, 0.25) is 0 Å². The van der Waals surface area contributed by atoms with Crippen molar-refractivity contribution < 1.29 is 18.9 Å². The molecule has 0 saturated carbocycles. The molecule has 3 heterocycles. The summed E-state index contributed by atoms with van der Waals surface area (Å²) >= 11 is 0. The molecule has 3 aliphatic rings. The second kappa shape index (κ2) is 12.7. The third-order valence-electron chi connectivity index (χ3n) is 20.8. The molecule has 0 radical (unpaired) electrons. The molecule has 4 heteroatoms. The van der Waals surface area contributed by atoms with E-state index in [0.29, 0.717) is 11.8 Å². The maximum atomic E-state index is 7.48. The normalized spacial score (nSPS) is 39.5. The largest absolute Gasteiger partial charge is 0.368 e. The Kier molecular flexibility index (Phi) is 12.1. The summed E-state index contributed by atoms with van der Waals surface area (Å²) in [5, 5.41) is 0. The zero-order chi connectivity index (χ0) is 41.5. The van der Waals surface area contributed by atoms with Crippen molar-refractivity contribution in [3.63, 3.8) is 0 Å². The minimum absolute atomic E-state index is 0. The third kappa shape index (κ3) is 5.75. The summed E-state index contributed by atoms with van der Waals surface area (Å²) in [6, 6.07) is 0. The van der Waals surface area contributed by atoms with Crippen molar-refractivity contribution in [1.82, 2.24) is 0 Å². The van der Waals surface area contributed by atoms with Gasteiger partial charge in [-0.1, -0.05) is 146 Å². The lowest BCUT2D eigenvalue weighted by Crippen LogP contribution is -2.80. The summed E-state index contributed by atoms with van der Waals surface area (Å²) < 4.78 is 28.3. The van der Waals surface area contributed by atoms with Gasteiger partial charge in [0.2, 0.25) is 0 Å². The highest BCUT2D eigenvalue weighted by Gasteiger charge is 2.75. The second-order valence-corrected chi connectivity index (χ2v) is 24.4. The van der Waals surface area contributed by atoms with Gasteiger partial charge in [-0.15, -0.1) is 0 Å². The monoisotopic (exact) mass is 737 g/mol. The van der Waals surface area contributed by atoms with Crippen molar-refractivity contribution >= 4 is 0 Å². The molecular weight excluding hydrogens is 641 g/mol. The molecule has 312 valence electrons. The highest BCUT2D eigenvalue weighted by Crippen LogP contribution is 2.71. The van der Waals surface area contributed by atoms with Crippen LogP contribution >= 0.6 is 0 Å². The maximum Gasteiger partial charge on any atom is 0.172 e. The number of hydrogen-bond donors (Lipinski definition) is 0. The molecule has 3 fully saturated rings. The Hall–Kier alpha value is -0.160. The number of hydrogen-bond acceptors (Lipinski definition) is 4. The predicted molar refractivity (Wildman–Crippen MR) is 227 cm³/mol. The molecule has 0 aromatic rings. The Morgan fingerprint density at radius 2 is 0.577 bits per heavy atom. The SMILES string of the molecule is C.CC(C)C1(C)OC(C)(C)C(C)(C)C(C)(C)C1(C)C.CC(C)C1(C)OC(C)(C)C(C)(OC2(C)OC(C)(C)C(C)(C)C(C)(C)C2(C)C)C(C)(C)C1(C)C. The van der Waals surface area contributed by atoms with Crippen LogP contribution in [0.1, 0.15) is 215 Å². The van der Waals surface area contributed by atoms with Gasteiger partial charge in [-0.25, -0.2) is 0 Å². The minimum atomic E-state index is -0.816. The fourth-order valence-corrected chi connectivity index (χ4v) is 11.0. The van der Waals surface area contributed by atoms with Crippen LogP contribution in [0.15, 0.2) is 0 Å². The van der Waals surface area contributed by atoms with Crippen LogP contribution in [-0.4, -0.2) is 39.4 Å². The van der Waals surface area contributed by atoms with Gasteiger partial charge in [-0.2, -0.15) is 0 Å². The molecule has 0 aliphatic carbocycles. The van der Waals surface area contributed by atoms with E-state index < -0.39 is 17.0 Å². The van der Waals surface area contributed by atoms with Gasteiger partial charge < -0.3 is 18.9 Å². The topological polar surface area (TPSA) is 36.9 Å². The molecular formula is C48H96O4. The van der Waals surface area contributed by atoms with Crippen LogP contribution in [0.25, 0.3) is 0 Å². The molecule has 3 saturated heterocycles. The molecule has 3 aliphatic heterocycles. The van der Waals surface area contributed by atoms with E-state index >= 15 is 0 Å². The summed E-state index contributed by atoms with van der Waals surface area (Å²) in [6.07, 6.45) is 0. The van der Waals surface area contributed by atoms with Crippen molar-refractivity contribution in [1.29, 1.82) is 0 Å². The molecule has 4 unspecified atom stereocenters. The van der Waals surface area contributed by atoms with E-state index in [4.69, 9.17) is 18.9 Å². The Morgan fingerprint density at radius 3 is 0.904 bits per heavy atom. The van der Waals surface area contributed by atoms with Crippen molar-refractivity contribution in [3.8, 4) is 0 Å². The van der Waals surface area contributed by atoms with Gasteiger partial charge in [0.15, 0.2) is 5.79 Å². The maximum absolute atomic E-state index is 7.48. The molecule has 52 heavy (non-hydrogen) atoms. The van der Waals surface area contributed by atoms with Gasteiger partial charge in [0.05, 0.1) is 28.0 Å². The van der Waals surface area contributed by atoms with Gasteiger partial charge in [-0.05, 0) is 108 Å². The molecule has 0 aromatic carbocycles. The summed E-state index contributed by atoms with van der Waals surface area (Å²) in [7, 11) is 0. The van der Waals surface area contributed by atoms with Crippen LogP contribution in [0, 0.1) is 55.2 Å². The number of rotatable bonds is 4. The quantitative estimate of drug-likeness (QED) is 0.288. The zero-order valence-corrected chi connectivity index (χ0v) is 40.3. The van der Waals surface area contributed by atoms with Gasteiger partial charge >= 0.3 is 0 Å². The average Bonchev–Trinajstić information content (AvgIpc) is 2.89. The van der Waals surface area contributed by atoms with Crippen LogP contribution in [0.5, 0.6) is 0 Å². The lowest BCUT2D eigenvalue weighted by atomic mass is 9.43. The van der Waals surface area contributed by atoms with E-state index in [1.165, 1.54) is 0 Å². The summed E-state index contributed by atoms with van der Waals surface area (Å²) in [4.78, 5) is 0. The van der Waals surface area contributed by atoms with E-state index in [2.05, 4.69) is 208 Å². The minimum Gasteiger partial charge on any atom is -0.368 e. The van der Waals surface area contributed by atoms with Crippen LogP contribution in [0.3, 0.4) is 0 Å². The average molecular weight is 737 g/mol. The molecule has 0 bridgehead atoms. The zero-order valence-electron chi connectivity index (χ0n) is 40.3. The Labute approximate surface area is 327 Å². The van der Waals surface area contributed by atoms with E-state index in [1.54, 1.807) is 0 Å². The highest BCUT2D eigenvalue weighted by atomic mass is 16.7. The van der Waals surface area contributed by atoms with Gasteiger partial charge in [0.1, 0.15) is 5.60 Å². The number of ether oxygens (including phenoxy) is 4. The molecule has 0 aromatic heterocycles. The van der Waals surface area contributed by atoms with E-state index in [1.807, 2.05) is 0 Å². The van der Waals surface area contributed by atoms with E-state index in [-0.39, 0.29) is 73.2 Å². The van der Waals surface area contributed by atoms with Crippen LogP contribution in [0.4, 0.5) is 0 Å². The van der Waals surface area contributed by atoms with Gasteiger partial charge in [0, 0.05) is 16.2 Å². The third-order valence-corrected chi connectivity index (χ3v) is 20.8.